The number of aliphatic hydroxyl groups is 1. The van der Waals surface area contributed by atoms with Crippen molar-refractivity contribution in [1.29, 1.82) is 0 Å². The van der Waals surface area contributed by atoms with Gasteiger partial charge in [-0.15, -0.1) is 0 Å². The first-order valence-electron chi connectivity index (χ1n) is 5.01. The number of rotatable bonds is 4. The quantitative estimate of drug-likeness (QED) is 0.793. The third-order valence-electron chi connectivity index (χ3n) is 2.72. The van der Waals surface area contributed by atoms with Crippen molar-refractivity contribution >= 4 is 0 Å². The summed E-state index contributed by atoms with van der Waals surface area (Å²) in [7, 11) is 1.63. The molecule has 0 bridgehead atoms. The molecule has 15 heavy (non-hydrogen) atoms. The van der Waals surface area contributed by atoms with Crippen molar-refractivity contribution in [2.75, 3.05) is 13.7 Å². The van der Waals surface area contributed by atoms with E-state index >= 15 is 0 Å². The van der Waals surface area contributed by atoms with Crippen LogP contribution in [0.25, 0.3) is 0 Å². The van der Waals surface area contributed by atoms with E-state index in [1.807, 2.05) is 38.1 Å². The van der Waals surface area contributed by atoms with Crippen LogP contribution in [0.15, 0.2) is 24.3 Å². The molecule has 0 aliphatic rings. The minimum Gasteiger partial charge on any atom is -0.497 e. The number of aliphatic hydroxyl groups excluding tert-OH is 1. The zero-order valence-corrected chi connectivity index (χ0v) is 9.53. The molecule has 3 nitrogen and oxygen atoms in total. The summed E-state index contributed by atoms with van der Waals surface area (Å²) >= 11 is 0. The lowest BCUT2D eigenvalue weighted by molar-refractivity contribution is 0.132. The van der Waals surface area contributed by atoms with Crippen molar-refractivity contribution in [3.8, 4) is 5.75 Å². The van der Waals surface area contributed by atoms with Gasteiger partial charge in [-0.3, -0.25) is 0 Å². The number of ether oxygens (including phenoxy) is 1. The van der Waals surface area contributed by atoms with Gasteiger partial charge in [0.05, 0.1) is 7.11 Å². The number of hydrogen-bond donors (Lipinski definition) is 2. The lowest BCUT2D eigenvalue weighted by Crippen LogP contribution is -2.32. The average Bonchev–Trinajstić information content (AvgIpc) is 2.28. The molecule has 0 aliphatic carbocycles. The van der Waals surface area contributed by atoms with Crippen molar-refractivity contribution in [3.63, 3.8) is 0 Å². The van der Waals surface area contributed by atoms with E-state index in [0.29, 0.717) is 0 Å². The number of methoxy groups -OCH3 is 1. The van der Waals surface area contributed by atoms with Gasteiger partial charge in [-0.05, 0) is 17.7 Å². The third-order valence-corrected chi connectivity index (χ3v) is 2.72. The Bertz CT molecular complexity index is 306. The van der Waals surface area contributed by atoms with Gasteiger partial charge < -0.3 is 15.6 Å². The summed E-state index contributed by atoms with van der Waals surface area (Å²) in [6.07, 6.45) is 0. The van der Waals surface area contributed by atoms with E-state index < -0.39 is 0 Å². The van der Waals surface area contributed by atoms with Gasteiger partial charge in [-0.25, -0.2) is 0 Å². The number of benzene rings is 1. The van der Waals surface area contributed by atoms with E-state index in [-0.39, 0.29) is 18.1 Å². The summed E-state index contributed by atoms with van der Waals surface area (Å²) in [5.41, 5.74) is 6.77. The van der Waals surface area contributed by atoms with Gasteiger partial charge in [0.25, 0.3) is 0 Å². The molecule has 3 heteroatoms. The molecule has 0 radical (unpaired) electrons. The Kier molecular flexibility index (Phi) is 3.72. The SMILES string of the molecule is COc1ccc([C@@H](N)C(C)(C)CO)cc1. The van der Waals surface area contributed by atoms with Crippen LogP contribution in [0, 0.1) is 5.41 Å². The molecule has 1 rings (SSSR count). The molecule has 3 N–H and O–H groups in total. The Labute approximate surface area is 90.9 Å². The molecule has 0 saturated carbocycles. The average molecular weight is 209 g/mol. The van der Waals surface area contributed by atoms with Gasteiger partial charge in [-0.1, -0.05) is 26.0 Å². The van der Waals surface area contributed by atoms with E-state index in [1.165, 1.54) is 0 Å². The molecule has 1 atom stereocenters. The van der Waals surface area contributed by atoms with Crippen LogP contribution in [-0.4, -0.2) is 18.8 Å². The molecule has 0 amide bonds. The highest BCUT2D eigenvalue weighted by atomic mass is 16.5. The minimum atomic E-state index is -0.311. The lowest BCUT2D eigenvalue weighted by Gasteiger charge is -2.29. The Morgan fingerprint density at radius 2 is 1.87 bits per heavy atom. The van der Waals surface area contributed by atoms with Crippen molar-refractivity contribution in [3.05, 3.63) is 29.8 Å². The van der Waals surface area contributed by atoms with Crippen LogP contribution in [0.2, 0.25) is 0 Å². The molecular formula is C12H19NO2. The summed E-state index contributed by atoms with van der Waals surface area (Å²) in [6, 6.07) is 7.45. The first-order valence-corrected chi connectivity index (χ1v) is 5.01. The van der Waals surface area contributed by atoms with E-state index in [1.54, 1.807) is 7.11 Å². The zero-order chi connectivity index (χ0) is 11.5. The lowest BCUT2D eigenvalue weighted by atomic mass is 9.82. The Morgan fingerprint density at radius 3 is 2.27 bits per heavy atom. The number of hydrogen-bond acceptors (Lipinski definition) is 3. The van der Waals surface area contributed by atoms with Crippen molar-refractivity contribution in [1.82, 2.24) is 0 Å². The maximum Gasteiger partial charge on any atom is 0.118 e. The van der Waals surface area contributed by atoms with Crippen LogP contribution >= 0.6 is 0 Å². The van der Waals surface area contributed by atoms with Gasteiger partial charge in [-0.2, -0.15) is 0 Å². The van der Waals surface area contributed by atoms with Crippen LogP contribution < -0.4 is 10.5 Å². The third kappa shape index (κ3) is 2.70. The molecule has 0 spiro atoms. The van der Waals surface area contributed by atoms with Crippen molar-refractivity contribution in [2.24, 2.45) is 11.1 Å². The highest BCUT2D eigenvalue weighted by Gasteiger charge is 2.26. The highest BCUT2D eigenvalue weighted by Crippen LogP contribution is 2.31. The maximum absolute atomic E-state index is 9.22. The van der Waals surface area contributed by atoms with Gasteiger partial charge in [0.15, 0.2) is 0 Å². The molecule has 84 valence electrons. The fourth-order valence-electron chi connectivity index (χ4n) is 1.36. The fourth-order valence-corrected chi connectivity index (χ4v) is 1.36. The van der Waals surface area contributed by atoms with E-state index in [0.717, 1.165) is 11.3 Å². The first-order chi connectivity index (χ1) is 7.01. The van der Waals surface area contributed by atoms with Crippen LogP contribution in [0.5, 0.6) is 5.75 Å². The largest absolute Gasteiger partial charge is 0.497 e. The Hall–Kier alpha value is -1.06. The molecule has 0 aliphatic heterocycles. The molecule has 1 aromatic carbocycles. The second-order valence-electron chi connectivity index (χ2n) is 4.40. The van der Waals surface area contributed by atoms with Crippen LogP contribution in [0.4, 0.5) is 0 Å². The fraction of sp³-hybridized carbons (Fsp3) is 0.500. The Morgan fingerprint density at radius 1 is 1.33 bits per heavy atom. The summed E-state index contributed by atoms with van der Waals surface area (Å²) in [5, 5.41) is 9.22. The summed E-state index contributed by atoms with van der Waals surface area (Å²) in [5.74, 6) is 0.813. The Balaban J connectivity index is 2.87. The van der Waals surface area contributed by atoms with Crippen LogP contribution in [-0.2, 0) is 0 Å². The van der Waals surface area contributed by atoms with Gasteiger partial charge in [0, 0.05) is 18.1 Å². The predicted octanol–water partition coefficient (Wildman–Crippen LogP) is 1.71. The summed E-state index contributed by atoms with van der Waals surface area (Å²) < 4.78 is 5.07. The van der Waals surface area contributed by atoms with Gasteiger partial charge in [0.2, 0.25) is 0 Å². The molecule has 0 unspecified atom stereocenters. The summed E-state index contributed by atoms with van der Waals surface area (Å²) in [4.78, 5) is 0. The van der Waals surface area contributed by atoms with Crippen LogP contribution in [0.3, 0.4) is 0 Å². The van der Waals surface area contributed by atoms with Gasteiger partial charge in [0.1, 0.15) is 5.75 Å². The smallest absolute Gasteiger partial charge is 0.118 e. The summed E-state index contributed by atoms with van der Waals surface area (Å²) in [6.45, 7) is 3.96. The maximum atomic E-state index is 9.22. The first kappa shape index (κ1) is 12.0. The van der Waals surface area contributed by atoms with Crippen LogP contribution in [0.1, 0.15) is 25.5 Å². The second kappa shape index (κ2) is 4.64. The minimum absolute atomic E-state index is 0.0696. The van der Waals surface area contributed by atoms with Gasteiger partial charge >= 0.3 is 0 Å². The van der Waals surface area contributed by atoms with E-state index in [2.05, 4.69) is 0 Å². The van der Waals surface area contributed by atoms with Crippen molar-refractivity contribution in [2.45, 2.75) is 19.9 Å². The molecule has 0 saturated heterocycles. The topological polar surface area (TPSA) is 55.5 Å². The molecule has 0 aromatic heterocycles. The zero-order valence-electron chi connectivity index (χ0n) is 9.53. The standard InChI is InChI=1S/C12H19NO2/c1-12(2,8-14)11(13)9-4-6-10(15-3)7-5-9/h4-7,11,14H,8,13H2,1-3H3/t11-/m1/s1. The van der Waals surface area contributed by atoms with E-state index in [9.17, 15) is 5.11 Å². The van der Waals surface area contributed by atoms with E-state index in [4.69, 9.17) is 10.5 Å². The molecule has 1 aromatic rings. The highest BCUT2D eigenvalue weighted by molar-refractivity contribution is 5.29. The number of nitrogens with two attached hydrogens (primary N) is 1. The second-order valence-corrected chi connectivity index (χ2v) is 4.40. The molecular weight excluding hydrogens is 190 g/mol. The molecule has 0 fully saturated rings. The van der Waals surface area contributed by atoms with Crippen molar-refractivity contribution < 1.29 is 9.84 Å². The normalized spacial score (nSPS) is 13.7. The monoisotopic (exact) mass is 209 g/mol. The predicted molar refractivity (Wildman–Crippen MR) is 60.8 cm³/mol. The molecule has 0 heterocycles.